The first-order valence-electron chi connectivity index (χ1n) is 5.53. The van der Waals surface area contributed by atoms with Crippen LogP contribution in [0.3, 0.4) is 0 Å². The summed E-state index contributed by atoms with van der Waals surface area (Å²) in [7, 11) is 1.88. The average Bonchev–Trinajstić information content (AvgIpc) is 2.86. The van der Waals surface area contributed by atoms with E-state index < -0.39 is 5.60 Å². The van der Waals surface area contributed by atoms with Crippen molar-refractivity contribution in [3.05, 3.63) is 28.4 Å². The molecule has 1 saturated heterocycles. The summed E-state index contributed by atoms with van der Waals surface area (Å²) in [4.78, 5) is 0. The Balaban J connectivity index is 2.26. The molecule has 1 fully saturated rings. The van der Waals surface area contributed by atoms with Crippen LogP contribution >= 0.6 is 15.9 Å². The summed E-state index contributed by atoms with van der Waals surface area (Å²) >= 11 is 3.50. The van der Waals surface area contributed by atoms with Crippen molar-refractivity contribution in [2.24, 2.45) is 7.05 Å². The highest BCUT2D eigenvalue weighted by atomic mass is 79.9. The van der Waals surface area contributed by atoms with Crippen LogP contribution in [0.4, 0.5) is 0 Å². The van der Waals surface area contributed by atoms with Crippen molar-refractivity contribution in [2.45, 2.75) is 12.0 Å². The smallest absolute Gasteiger partial charge is 0.117 e. The van der Waals surface area contributed by atoms with E-state index in [-0.39, 0.29) is 0 Å². The van der Waals surface area contributed by atoms with Gasteiger partial charge in [0.25, 0.3) is 0 Å². The fourth-order valence-electron chi connectivity index (χ4n) is 2.33. The molecule has 1 aromatic carbocycles. The number of nitrogens with zero attached hydrogens (tertiary/aromatic N) is 2. The minimum absolute atomic E-state index is 0.348. The van der Waals surface area contributed by atoms with Gasteiger partial charge in [-0.3, -0.25) is 4.68 Å². The first kappa shape index (κ1) is 11.2. The molecule has 4 nitrogen and oxygen atoms in total. The minimum atomic E-state index is -0.896. The van der Waals surface area contributed by atoms with Gasteiger partial charge in [0.15, 0.2) is 0 Å². The zero-order valence-electron chi connectivity index (χ0n) is 9.48. The molecule has 1 aromatic heterocycles. The van der Waals surface area contributed by atoms with Crippen molar-refractivity contribution in [3.8, 4) is 0 Å². The molecule has 0 radical (unpaired) electrons. The number of rotatable bonds is 1. The summed E-state index contributed by atoms with van der Waals surface area (Å²) in [6.45, 7) is 0.946. The number of ether oxygens (including phenoxy) is 1. The number of aliphatic hydroxyl groups is 1. The number of hydrogen-bond acceptors (Lipinski definition) is 3. The molecular formula is C12H13BrN2O2. The van der Waals surface area contributed by atoms with E-state index in [9.17, 15) is 5.11 Å². The second kappa shape index (κ2) is 3.80. The summed E-state index contributed by atoms with van der Waals surface area (Å²) in [5, 5.41) is 16.0. The van der Waals surface area contributed by atoms with Crippen molar-refractivity contribution < 1.29 is 9.84 Å². The standard InChI is InChI=1S/C12H13BrN2O2/c1-15-6-8-10(13)3-2-9(11(8)14-15)12(16)4-5-17-7-12/h2-3,6,16H,4-5,7H2,1H3. The van der Waals surface area contributed by atoms with Crippen molar-refractivity contribution in [1.82, 2.24) is 9.78 Å². The lowest BCUT2D eigenvalue weighted by atomic mass is 9.91. The minimum Gasteiger partial charge on any atom is -0.383 e. The van der Waals surface area contributed by atoms with Crippen LogP contribution in [-0.2, 0) is 17.4 Å². The molecule has 2 aromatic rings. The third kappa shape index (κ3) is 1.69. The van der Waals surface area contributed by atoms with E-state index in [1.807, 2.05) is 25.4 Å². The van der Waals surface area contributed by atoms with Crippen LogP contribution in [-0.4, -0.2) is 28.1 Å². The van der Waals surface area contributed by atoms with E-state index in [1.54, 1.807) is 4.68 Å². The molecular weight excluding hydrogens is 284 g/mol. The molecule has 0 aliphatic carbocycles. The van der Waals surface area contributed by atoms with Crippen molar-refractivity contribution in [2.75, 3.05) is 13.2 Å². The molecule has 5 heteroatoms. The monoisotopic (exact) mass is 296 g/mol. The molecule has 1 unspecified atom stereocenters. The van der Waals surface area contributed by atoms with Gasteiger partial charge >= 0.3 is 0 Å². The number of halogens is 1. The number of benzene rings is 1. The molecule has 0 saturated carbocycles. The number of hydrogen-bond donors (Lipinski definition) is 1. The van der Waals surface area contributed by atoms with Gasteiger partial charge in [0.05, 0.1) is 12.1 Å². The summed E-state index contributed by atoms with van der Waals surface area (Å²) in [5.74, 6) is 0. The first-order valence-corrected chi connectivity index (χ1v) is 6.32. The van der Waals surface area contributed by atoms with E-state index in [2.05, 4.69) is 21.0 Å². The first-order chi connectivity index (χ1) is 8.10. The highest BCUT2D eigenvalue weighted by Gasteiger charge is 2.36. The predicted octanol–water partition coefficient (Wildman–Crippen LogP) is 1.94. The van der Waals surface area contributed by atoms with E-state index in [1.165, 1.54) is 0 Å². The van der Waals surface area contributed by atoms with Crippen LogP contribution in [0.25, 0.3) is 10.9 Å². The molecule has 90 valence electrons. The second-order valence-electron chi connectivity index (χ2n) is 4.49. The Hall–Kier alpha value is -0.910. The molecule has 3 rings (SSSR count). The highest BCUT2D eigenvalue weighted by molar-refractivity contribution is 9.10. The Bertz CT molecular complexity index is 573. The van der Waals surface area contributed by atoms with E-state index in [0.717, 1.165) is 20.9 Å². The second-order valence-corrected chi connectivity index (χ2v) is 5.35. The normalized spacial score (nSPS) is 24.6. The fraction of sp³-hybridized carbons (Fsp3) is 0.417. The molecule has 1 N–H and O–H groups in total. The molecule has 2 heterocycles. The Morgan fingerprint density at radius 1 is 1.53 bits per heavy atom. The average molecular weight is 297 g/mol. The maximum atomic E-state index is 10.6. The van der Waals surface area contributed by atoms with Gasteiger partial charge in [-0.15, -0.1) is 0 Å². The third-order valence-electron chi connectivity index (χ3n) is 3.24. The van der Waals surface area contributed by atoms with E-state index in [0.29, 0.717) is 19.6 Å². The third-order valence-corrected chi connectivity index (χ3v) is 3.93. The predicted molar refractivity (Wildman–Crippen MR) is 67.7 cm³/mol. The Morgan fingerprint density at radius 3 is 3.06 bits per heavy atom. The SMILES string of the molecule is Cn1cc2c(Br)ccc(C3(O)CCOC3)c2n1. The van der Waals surface area contributed by atoms with Gasteiger partial charge in [-0.2, -0.15) is 5.10 Å². The van der Waals surface area contributed by atoms with Crippen LogP contribution in [0.2, 0.25) is 0 Å². The molecule has 1 aliphatic heterocycles. The Kier molecular flexibility index (Phi) is 2.50. The molecule has 0 amide bonds. The lowest BCUT2D eigenvalue weighted by Crippen LogP contribution is -2.26. The molecule has 1 atom stereocenters. The van der Waals surface area contributed by atoms with Gasteiger partial charge in [0, 0.05) is 41.7 Å². The molecule has 1 aliphatic rings. The van der Waals surface area contributed by atoms with E-state index >= 15 is 0 Å². The maximum absolute atomic E-state index is 10.6. The van der Waals surface area contributed by atoms with Crippen LogP contribution < -0.4 is 0 Å². The highest BCUT2D eigenvalue weighted by Crippen LogP contribution is 2.36. The molecule has 0 spiro atoms. The topological polar surface area (TPSA) is 47.3 Å². The van der Waals surface area contributed by atoms with Crippen molar-refractivity contribution in [3.63, 3.8) is 0 Å². The summed E-state index contributed by atoms with van der Waals surface area (Å²) in [5.41, 5.74) is 0.802. The summed E-state index contributed by atoms with van der Waals surface area (Å²) in [6.07, 6.45) is 2.57. The van der Waals surface area contributed by atoms with Gasteiger partial charge in [0.2, 0.25) is 0 Å². The fourth-order valence-corrected chi connectivity index (χ4v) is 2.75. The van der Waals surface area contributed by atoms with Crippen molar-refractivity contribution in [1.29, 1.82) is 0 Å². The number of fused-ring (bicyclic) bond motifs is 1. The van der Waals surface area contributed by atoms with Gasteiger partial charge in [0.1, 0.15) is 5.60 Å². The van der Waals surface area contributed by atoms with Gasteiger partial charge < -0.3 is 9.84 Å². The molecule has 0 bridgehead atoms. The molecule has 17 heavy (non-hydrogen) atoms. The van der Waals surface area contributed by atoms with Crippen LogP contribution in [0, 0.1) is 0 Å². The maximum Gasteiger partial charge on any atom is 0.117 e. The van der Waals surface area contributed by atoms with E-state index in [4.69, 9.17) is 4.74 Å². The van der Waals surface area contributed by atoms with Crippen molar-refractivity contribution >= 4 is 26.8 Å². The van der Waals surface area contributed by atoms with Gasteiger partial charge in [-0.1, -0.05) is 22.0 Å². The van der Waals surface area contributed by atoms with Crippen LogP contribution in [0.15, 0.2) is 22.8 Å². The number of aryl methyl sites for hydroxylation is 1. The lowest BCUT2D eigenvalue weighted by Gasteiger charge is -2.21. The Labute approximate surface area is 107 Å². The summed E-state index contributed by atoms with van der Waals surface area (Å²) < 4.78 is 8.06. The zero-order valence-corrected chi connectivity index (χ0v) is 11.1. The van der Waals surface area contributed by atoms with Gasteiger partial charge in [-0.05, 0) is 6.07 Å². The summed E-state index contributed by atoms with van der Waals surface area (Å²) in [6, 6.07) is 3.88. The van der Waals surface area contributed by atoms with Gasteiger partial charge in [-0.25, -0.2) is 0 Å². The quantitative estimate of drug-likeness (QED) is 0.875. The zero-order chi connectivity index (χ0) is 12.0. The Morgan fingerprint density at radius 2 is 2.35 bits per heavy atom. The van der Waals surface area contributed by atoms with Crippen LogP contribution in [0.5, 0.6) is 0 Å². The largest absolute Gasteiger partial charge is 0.383 e. The van der Waals surface area contributed by atoms with Crippen LogP contribution in [0.1, 0.15) is 12.0 Å². The number of aromatic nitrogens is 2. The lowest BCUT2D eigenvalue weighted by molar-refractivity contribution is 0.0243.